The standard InChI is InChI=1S/C20H37Cl/c1-17(2)9-6-10-18(3)11-7-12-19(4)13-8-14-20(5)15-16-21/h13,15,17-18H,6-12,14,16H2,1-5H3/b19-13+,20-15+. The predicted molar refractivity (Wildman–Crippen MR) is 99.2 cm³/mol. The van der Waals surface area contributed by atoms with E-state index in [2.05, 4.69) is 46.8 Å². The second kappa shape index (κ2) is 13.4. The smallest absolute Gasteiger partial charge is 0.0406 e. The maximum atomic E-state index is 5.70. The second-order valence-corrected chi connectivity index (χ2v) is 7.42. The van der Waals surface area contributed by atoms with Crippen molar-refractivity contribution >= 4 is 11.6 Å². The Morgan fingerprint density at radius 3 is 2.10 bits per heavy atom. The molecule has 0 aromatic heterocycles. The molecule has 0 aromatic rings. The first-order valence-corrected chi connectivity index (χ1v) is 9.36. The van der Waals surface area contributed by atoms with E-state index in [-0.39, 0.29) is 0 Å². The molecule has 1 heteroatoms. The van der Waals surface area contributed by atoms with Gasteiger partial charge in [-0.3, -0.25) is 0 Å². The first-order valence-electron chi connectivity index (χ1n) is 8.83. The number of hydrogen-bond donors (Lipinski definition) is 0. The number of alkyl halides is 1. The van der Waals surface area contributed by atoms with Crippen molar-refractivity contribution in [2.24, 2.45) is 11.8 Å². The predicted octanol–water partition coefficient (Wildman–Crippen LogP) is 7.53. The van der Waals surface area contributed by atoms with Crippen molar-refractivity contribution < 1.29 is 0 Å². The minimum absolute atomic E-state index is 0.642. The molecule has 0 nitrogen and oxygen atoms in total. The Morgan fingerprint density at radius 2 is 1.48 bits per heavy atom. The lowest BCUT2D eigenvalue weighted by atomic mass is 9.94. The second-order valence-electron chi connectivity index (χ2n) is 7.12. The van der Waals surface area contributed by atoms with Crippen molar-refractivity contribution in [2.45, 2.75) is 86.0 Å². The van der Waals surface area contributed by atoms with Crippen LogP contribution in [-0.4, -0.2) is 5.88 Å². The quantitative estimate of drug-likeness (QED) is 0.258. The topological polar surface area (TPSA) is 0 Å². The Morgan fingerprint density at radius 1 is 0.857 bits per heavy atom. The van der Waals surface area contributed by atoms with Gasteiger partial charge in [0.1, 0.15) is 0 Å². The molecule has 0 aromatic carbocycles. The van der Waals surface area contributed by atoms with Crippen LogP contribution in [0.4, 0.5) is 0 Å². The highest BCUT2D eigenvalue weighted by Gasteiger charge is 2.03. The molecule has 0 aliphatic heterocycles. The fourth-order valence-electron chi connectivity index (χ4n) is 2.63. The van der Waals surface area contributed by atoms with Crippen molar-refractivity contribution in [3.63, 3.8) is 0 Å². The van der Waals surface area contributed by atoms with Gasteiger partial charge in [0.15, 0.2) is 0 Å². The molecule has 0 heterocycles. The molecule has 0 aliphatic carbocycles. The lowest BCUT2D eigenvalue weighted by Crippen LogP contribution is -1.97. The summed E-state index contributed by atoms with van der Waals surface area (Å²) in [7, 11) is 0. The van der Waals surface area contributed by atoms with E-state index >= 15 is 0 Å². The van der Waals surface area contributed by atoms with Crippen LogP contribution in [0.1, 0.15) is 86.0 Å². The SMILES string of the molecule is C/C(=C\CCl)CC/C=C(\C)CCCC(C)CCCC(C)C. The number of rotatable bonds is 12. The van der Waals surface area contributed by atoms with E-state index in [9.17, 15) is 0 Å². The highest BCUT2D eigenvalue weighted by atomic mass is 35.5. The van der Waals surface area contributed by atoms with Gasteiger partial charge in [-0.2, -0.15) is 0 Å². The van der Waals surface area contributed by atoms with Crippen molar-refractivity contribution in [2.75, 3.05) is 5.88 Å². The molecule has 21 heavy (non-hydrogen) atoms. The first-order chi connectivity index (χ1) is 9.95. The van der Waals surface area contributed by atoms with E-state index < -0.39 is 0 Å². The van der Waals surface area contributed by atoms with Crippen LogP contribution in [0.3, 0.4) is 0 Å². The van der Waals surface area contributed by atoms with E-state index in [0.717, 1.165) is 24.7 Å². The molecule has 1 unspecified atom stereocenters. The minimum Gasteiger partial charge on any atom is -0.122 e. The normalized spacial score (nSPS) is 14.8. The molecule has 0 rings (SSSR count). The lowest BCUT2D eigenvalue weighted by molar-refractivity contribution is 0.427. The molecule has 0 fully saturated rings. The van der Waals surface area contributed by atoms with Gasteiger partial charge < -0.3 is 0 Å². The van der Waals surface area contributed by atoms with Gasteiger partial charge in [-0.15, -0.1) is 11.6 Å². The average molecular weight is 313 g/mol. The van der Waals surface area contributed by atoms with Gasteiger partial charge in [-0.05, 0) is 51.4 Å². The Labute approximate surface area is 139 Å². The highest BCUT2D eigenvalue weighted by Crippen LogP contribution is 2.19. The zero-order valence-corrected chi connectivity index (χ0v) is 15.8. The van der Waals surface area contributed by atoms with Gasteiger partial charge in [-0.25, -0.2) is 0 Å². The van der Waals surface area contributed by atoms with Crippen LogP contribution >= 0.6 is 11.6 Å². The van der Waals surface area contributed by atoms with Gasteiger partial charge >= 0.3 is 0 Å². The van der Waals surface area contributed by atoms with E-state index in [1.807, 2.05) is 0 Å². The molecule has 1 atom stereocenters. The summed E-state index contributed by atoms with van der Waals surface area (Å²) in [6, 6.07) is 0. The molecule has 0 aliphatic rings. The van der Waals surface area contributed by atoms with Crippen LogP contribution < -0.4 is 0 Å². The average Bonchev–Trinajstić information content (AvgIpc) is 2.38. The number of allylic oxidation sites excluding steroid dienone is 4. The van der Waals surface area contributed by atoms with Crippen LogP contribution in [0.15, 0.2) is 23.3 Å². The Bertz CT molecular complexity index is 299. The summed E-state index contributed by atoms with van der Waals surface area (Å²) in [5.74, 6) is 2.40. The molecular weight excluding hydrogens is 276 g/mol. The third kappa shape index (κ3) is 14.5. The summed E-state index contributed by atoms with van der Waals surface area (Å²) in [5, 5.41) is 0. The van der Waals surface area contributed by atoms with Gasteiger partial charge in [0.2, 0.25) is 0 Å². The molecule has 0 amide bonds. The third-order valence-corrected chi connectivity index (χ3v) is 4.36. The molecule has 0 bridgehead atoms. The molecular formula is C20H37Cl. The summed E-state index contributed by atoms with van der Waals surface area (Å²) in [5.41, 5.74) is 2.97. The monoisotopic (exact) mass is 312 g/mol. The van der Waals surface area contributed by atoms with Gasteiger partial charge in [0.25, 0.3) is 0 Å². The summed E-state index contributed by atoms with van der Waals surface area (Å²) in [6.45, 7) is 11.5. The van der Waals surface area contributed by atoms with Crippen LogP contribution in [0, 0.1) is 11.8 Å². The molecule has 124 valence electrons. The Balaban J connectivity index is 3.68. The first kappa shape index (κ1) is 20.8. The van der Waals surface area contributed by atoms with Gasteiger partial charge in [0, 0.05) is 5.88 Å². The molecule has 0 radical (unpaired) electrons. The number of hydrogen-bond acceptors (Lipinski definition) is 0. The summed E-state index contributed by atoms with van der Waals surface area (Å²) in [6.07, 6.45) is 15.0. The fourth-order valence-corrected chi connectivity index (χ4v) is 2.89. The van der Waals surface area contributed by atoms with E-state index in [1.54, 1.807) is 5.57 Å². The van der Waals surface area contributed by atoms with E-state index in [4.69, 9.17) is 11.6 Å². The van der Waals surface area contributed by atoms with Gasteiger partial charge in [-0.1, -0.05) is 69.8 Å². The Hall–Kier alpha value is -0.230. The van der Waals surface area contributed by atoms with Crippen molar-refractivity contribution in [3.8, 4) is 0 Å². The zero-order chi connectivity index (χ0) is 16.1. The van der Waals surface area contributed by atoms with E-state index in [1.165, 1.54) is 44.1 Å². The van der Waals surface area contributed by atoms with Crippen molar-refractivity contribution in [3.05, 3.63) is 23.3 Å². The summed E-state index contributed by atoms with van der Waals surface area (Å²) < 4.78 is 0. The highest BCUT2D eigenvalue weighted by molar-refractivity contribution is 6.18. The summed E-state index contributed by atoms with van der Waals surface area (Å²) >= 11 is 5.70. The van der Waals surface area contributed by atoms with Crippen LogP contribution in [0.25, 0.3) is 0 Å². The summed E-state index contributed by atoms with van der Waals surface area (Å²) in [4.78, 5) is 0. The molecule has 0 saturated heterocycles. The zero-order valence-electron chi connectivity index (χ0n) is 15.1. The lowest BCUT2D eigenvalue weighted by Gasteiger charge is -2.12. The van der Waals surface area contributed by atoms with Crippen LogP contribution in [-0.2, 0) is 0 Å². The molecule has 0 saturated carbocycles. The fraction of sp³-hybridized carbons (Fsp3) is 0.800. The maximum absolute atomic E-state index is 5.70. The number of halogens is 1. The van der Waals surface area contributed by atoms with Crippen molar-refractivity contribution in [1.82, 2.24) is 0 Å². The van der Waals surface area contributed by atoms with E-state index in [0.29, 0.717) is 5.88 Å². The third-order valence-electron chi connectivity index (χ3n) is 4.20. The molecule has 0 N–H and O–H groups in total. The maximum Gasteiger partial charge on any atom is 0.0406 e. The van der Waals surface area contributed by atoms with Crippen LogP contribution in [0.5, 0.6) is 0 Å². The van der Waals surface area contributed by atoms with Gasteiger partial charge in [0.05, 0.1) is 0 Å². The molecule has 0 spiro atoms. The van der Waals surface area contributed by atoms with Crippen LogP contribution in [0.2, 0.25) is 0 Å². The van der Waals surface area contributed by atoms with Crippen molar-refractivity contribution in [1.29, 1.82) is 0 Å². The Kier molecular flexibility index (Phi) is 13.3. The largest absolute Gasteiger partial charge is 0.122 e. The minimum atomic E-state index is 0.642.